The third kappa shape index (κ3) is 3.98. The Labute approximate surface area is 157 Å². The monoisotopic (exact) mass is 386 g/mol. The van der Waals surface area contributed by atoms with Gasteiger partial charge in [0, 0.05) is 24.2 Å². The third-order valence-electron chi connectivity index (χ3n) is 3.85. The van der Waals surface area contributed by atoms with E-state index in [-0.39, 0.29) is 29.2 Å². The zero-order chi connectivity index (χ0) is 20.3. The van der Waals surface area contributed by atoms with Gasteiger partial charge in [-0.25, -0.2) is 9.59 Å². The van der Waals surface area contributed by atoms with E-state index >= 15 is 0 Å². The lowest BCUT2D eigenvalue weighted by Crippen LogP contribution is -2.45. The highest BCUT2D eigenvalue weighted by Gasteiger charge is 2.34. The van der Waals surface area contributed by atoms with Crippen LogP contribution in [0.1, 0.15) is 5.56 Å². The molecule has 4 N–H and O–H groups in total. The lowest BCUT2D eigenvalue weighted by Gasteiger charge is -2.26. The first-order valence-electron chi connectivity index (χ1n) is 7.97. The van der Waals surface area contributed by atoms with Gasteiger partial charge >= 0.3 is 12.1 Å². The molecule has 1 aliphatic heterocycles. The number of nitro groups is 1. The molecule has 0 radical (unpaired) electrons. The normalized spacial score (nSPS) is 14.9. The summed E-state index contributed by atoms with van der Waals surface area (Å²) in [6, 6.07) is 8.96. The fraction of sp³-hybridized carbons (Fsp3) is 0.118. The lowest BCUT2D eigenvalue weighted by molar-refractivity contribution is -0.384. The summed E-state index contributed by atoms with van der Waals surface area (Å²) in [5.41, 5.74) is 0.0888. The number of carbonyl (C=O) groups is 3. The van der Waals surface area contributed by atoms with Gasteiger partial charge in [-0.3, -0.25) is 14.9 Å². The Kier molecular flexibility index (Phi) is 5.07. The number of carboxylic acid groups (broad SMARTS) is 1. The topological polar surface area (TPSA) is 160 Å². The third-order valence-corrected chi connectivity index (χ3v) is 3.85. The van der Waals surface area contributed by atoms with Crippen LogP contribution in [0.15, 0.2) is 42.5 Å². The molecule has 0 aliphatic carbocycles. The Morgan fingerprint density at radius 3 is 2.61 bits per heavy atom. The molecule has 28 heavy (non-hydrogen) atoms. The molecule has 0 saturated carbocycles. The number of para-hydroxylation sites is 1. The number of nitrogens with zero attached hydrogens (tertiary/aromatic N) is 1. The first-order valence-corrected chi connectivity index (χ1v) is 7.97. The number of non-ortho nitro benzene ring substituents is 1. The first kappa shape index (κ1) is 18.6. The number of nitrogens with one attached hydrogen (secondary N) is 3. The SMILES string of the molecule is O=C(NCc1cc([N+](=O)[O-])cc2c1NC(C(=O)O)C(=O)N2)Oc1ccccc1. The number of carbonyl (C=O) groups excluding carboxylic acids is 2. The molecule has 11 nitrogen and oxygen atoms in total. The molecule has 0 saturated heterocycles. The maximum atomic E-state index is 11.9. The van der Waals surface area contributed by atoms with E-state index in [1.54, 1.807) is 30.3 Å². The summed E-state index contributed by atoms with van der Waals surface area (Å²) in [7, 11) is 0. The number of ether oxygens (including phenoxy) is 1. The molecule has 2 aromatic carbocycles. The zero-order valence-corrected chi connectivity index (χ0v) is 14.2. The first-order chi connectivity index (χ1) is 13.3. The van der Waals surface area contributed by atoms with Gasteiger partial charge in [0.25, 0.3) is 11.6 Å². The maximum absolute atomic E-state index is 11.9. The summed E-state index contributed by atoms with van der Waals surface area (Å²) < 4.78 is 5.07. The highest BCUT2D eigenvalue weighted by molar-refractivity contribution is 6.14. The number of hydrogen-bond donors (Lipinski definition) is 4. The van der Waals surface area contributed by atoms with E-state index in [9.17, 15) is 24.5 Å². The van der Waals surface area contributed by atoms with Crippen LogP contribution in [0, 0.1) is 10.1 Å². The second-order valence-corrected chi connectivity index (χ2v) is 5.75. The smallest absolute Gasteiger partial charge is 0.412 e. The van der Waals surface area contributed by atoms with E-state index in [2.05, 4.69) is 16.0 Å². The highest BCUT2D eigenvalue weighted by atomic mass is 16.6. The van der Waals surface area contributed by atoms with Gasteiger partial charge in [0.2, 0.25) is 6.04 Å². The van der Waals surface area contributed by atoms with E-state index in [4.69, 9.17) is 9.84 Å². The molecule has 1 aliphatic rings. The van der Waals surface area contributed by atoms with Crippen LogP contribution in [0.4, 0.5) is 21.9 Å². The Balaban J connectivity index is 1.83. The van der Waals surface area contributed by atoms with Crippen molar-refractivity contribution in [3.05, 3.63) is 58.1 Å². The van der Waals surface area contributed by atoms with Gasteiger partial charge in [0.05, 0.1) is 16.3 Å². The molecular weight excluding hydrogens is 372 g/mol. The molecule has 2 amide bonds. The van der Waals surface area contributed by atoms with E-state index < -0.39 is 28.9 Å². The standard InChI is InChI=1S/C17H14N4O7/c22-15-14(16(23)24)20-13-9(6-10(21(26)27)7-12(13)19-15)8-18-17(25)28-11-4-2-1-3-5-11/h1-7,14,20H,8H2,(H,18,25)(H,19,22)(H,23,24). The molecule has 0 spiro atoms. The van der Waals surface area contributed by atoms with Crippen molar-refractivity contribution in [3.8, 4) is 5.75 Å². The summed E-state index contributed by atoms with van der Waals surface area (Å²) >= 11 is 0. The minimum atomic E-state index is -1.57. The van der Waals surface area contributed by atoms with Gasteiger partial charge in [-0.1, -0.05) is 18.2 Å². The van der Waals surface area contributed by atoms with Crippen molar-refractivity contribution >= 4 is 35.0 Å². The van der Waals surface area contributed by atoms with Crippen molar-refractivity contribution < 1.29 is 29.2 Å². The van der Waals surface area contributed by atoms with Crippen LogP contribution in [0.2, 0.25) is 0 Å². The molecule has 1 heterocycles. The molecule has 0 fully saturated rings. The molecular formula is C17H14N4O7. The Bertz CT molecular complexity index is 961. The van der Waals surface area contributed by atoms with Gasteiger partial charge in [-0.2, -0.15) is 0 Å². The number of amides is 2. The molecule has 1 atom stereocenters. The summed E-state index contributed by atoms with van der Waals surface area (Å²) in [6.07, 6.45) is -0.805. The van der Waals surface area contributed by atoms with Crippen molar-refractivity contribution in [1.29, 1.82) is 0 Å². The number of fused-ring (bicyclic) bond motifs is 1. The predicted octanol–water partition coefficient (Wildman–Crippen LogP) is 1.70. The fourth-order valence-corrected chi connectivity index (χ4v) is 2.59. The number of hydrogen-bond acceptors (Lipinski definition) is 7. The molecule has 0 bridgehead atoms. The Hall–Kier alpha value is -4.15. The number of anilines is 2. The number of aliphatic carboxylic acids is 1. The van der Waals surface area contributed by atoms with Crippen molar-refractivity contribution in [3.63, 3.8) is 0 Å². The van der Waals surface area contributed by atoms with Crippen LogP contribution in [-0.4, -0.2) is 34.0 Å². The number of benzene rings is 2. The molecule has 11 heteroatoms. The van der Waals surface area contributed by atoms with Crippen LogP contribution < -0.4 is 20.7 Å². The quantitative estimate of drug-likeness (QED) is 0.343. The molecule has 144 valence electrons. The van der Waals surface area contributed by atoms with Crippen LogP contribution >= 0.6 is 0 Å². The number of carboxylic acids is 1. The predicted molar refractivity (Wildman–Crippen MR) is 96.1 cm³/mol. The van der Waals surface area contributed by atoms with Gasteiger partial charge in [0.15, 0.2) is 0 Å². The summed E-state index contributed by atoms with van der Waals surface area (Å²) in [5, 5.41) is 27.6. The van der Waals surface area contributed by atoms with Crippen molar-refractivity contribution in [2.75, 3.05) is 10.6 Å². The minimum Gasteiger partial charge on any atom is -0.479 e. The van der Waals surface area contributed by atoms with E-state index in [1.807, 2.05) is 0 Å². The lowest BCUT2D eigenvalue weighted by atomic mass is 10.0. The van der Waals surface area contributed by atoms with E-state index in [0.29, 0.717) is 5.75 Å². The van der Waals surface area contributed by atoms with Crippen LogP contribution in [0.5, 0.6) is 5.75 Å². The molecule has 1 unspecified atom stereocenters. The van der Waals surface area contributed by atoms with Gasteiger partial charge < -0.3 is 25.8 Å². The fourth-order valence-electron chi connectivity index (χ4n) is 2.59. The average molecular weight is 386 g/mol. The Morgan fingerprint density at radius 1 is 1.25 bits per heavy atom. The van der Waals surface area contributed by atoms with Crippen molar-refractivity contribution in [2.24, 2.45) is 0 Å². The maximum Gasteiger partial charge on any atom is 0.412 e. The van der Waals surface area contributed by atoms with Gasteiger partial charge in [-0.05, 0) is 12.1 Å². The van der Waals surface area contributed by atoms with Crippen molar-refractivity contribution in [2.45, 2.75) is 12.6 Å². The zero-order valence-electron chi connectivity index (χ0n) is 14.2. The second-order valence-electron chi connectivity index (χ2n) is 5.75. The second kappa shape index (κ2) is 7.61. The van der Waals surface area contributed by atoms with E-state index in [1.165, 1.54) is 6.07 Å². The van der Waals surface area contributed by atoms with E-state index in [0.717, 1.165) is 6.07 Å². The molecule has 2 aromatic rings. The number of nitro benzene ring substituents is 1. The summed E-state index contributed by atoms with van der Waals surface area (Å²) in [5.74, 6) is -1.97. The van der Waals surface area contributed by atoms with Crippen LogP contribution in [0.25, 0.3) is 0 Å². The summed E-state index contributed by atoms with van der Waals surface area (Å²) in [4.78, 5) is 45.5. The number of rotatable bonds is 5. The van der Waals surface area contributed by atoms with Crippen LogP contribution in [-0.2, 0) is 16.1 Å². The largest absolute Gasteiger partial charge is 0.479 e. The Morgan fingerprint density at radius 2 is 1.96 bits per heavy atom. The van der Waals surface area contributed by atoms with Crippen LogP contribution in [0.3, 0.4) is 0 Å². The van der Waals surface area contributed by atoms with Gasteiger partial charge in [0.1, 0.15) is 5.75 Å². The average Bonchev–Trinajstić information content (AvgIpc) is 2.65. The summed E-state index contributed by atoms with van der Waals surface area (Å²) in [6.45, 7) is -0.203. The highest BCUT2D eigenvalue weighted by Crippen LogP contribution is 2.35. The minimum absolute atomic E-state index is 0.0462. The molecule has 3 rings (SSSR count). The van der Waals surface area contributed by atoms with Crippen molar-refractivity contribution in [1.82, 2.24) is 5.32 Å². The molecule has 0 aromatic heterocycles. The van der Waals surface area contributed by atoms with Gasteiger partial charge in [-0.15, -0.1) is 0 Å².